The molecule has 0 saturated heterocycles. The molecule has 0 N–H and O–H groups in total. The summed E-state index contributed by atoms with van der Waals surface area (Å²) in [6.45, 7) is 0. The van der Waals surface area contributed by atoms with Crippen LogP contribution in [0.15, 0.2) is 0 Å². The molecule has 0 aromatic carbocycles. The van der Waals surface area contributed by atoms with Crippen molar-refractivity contribution in [3.8, 4) is 0 Å². The Kier molecular flexibility index (Phi) is 1.83. The quantitative estimate of drug-likeness (QED) is 0.226. The van der Waals surface area contributed by atoms with Gasteiger partial charge in [0.2, 0.25) is 0 Å². The maximum atomic E-state index is 8.75. The first kappa shape index (κ1) is 3.25. The van der Waals surface area contributed by atoms with Gasteiger partial charge in [0.25, 0.3) is 0 Å². The van der Waals surface area contributed by atoms with E-state index in [1.807, 2.05) is 0 Å². The Morgan fingerprint density at radius 3 is 2.00 bits per heavy atom. The molecule has 0 aliphatic heterocycles. The molecule has 0 heterocycles. The lowest BCUT2D eigenvalue weighted by Gasteiger charge is -1.04. The number of carbonyl (C=O) groups is 1. The van der Waals surface area contributed by atoms with Crippen LogP contribution in [-0.2, 0) is 9.59 Å². The summed E-state index contributed by atoms with van der Waals surface area (Å²) in [6, 6.07) is 0. The van der Waals surface area contributed by atoms with Crippen molar-refractivity contribution in [1.29, 1.82) is 0 Å². The Labute approximate surface area is 23.4 Å². The molecule has 0 spiro atoms. The summed E-state index contributed by atoms with van der Waals surface area (Å²) in [5.41, 5.74) is 0. The van der Waals surface area contributed by atoms with Gasteiger partial charge < -0.3 is 0 Å². The summed E-state index contributed by atoms with van der Waals surface area (Å²) >= 11 is 0. The predicted octanol–water partition coefficient (Wildman–Crippen LogP) is -0.705. The first-order valence-electron chi connectivity index (χ1n) is 0.729. The van der Waals surface area contributed by atoms with Gasteiger partial charge in [-0.2, -0.15) is 0 Å². The fraction of sp³-hybridized carbons (Fsp3) is 0. The van der Waals surface area contributed by atoms with Gasteiger partial charge in [0.15, 0.2) is 0 Å². The lowest BCUT2D eigenvalue weighted by molar-refractivity contribution is -0.102. The van der Waals surface area contributed by atoms with Crippen LogP contribution in [0.2, 0.25) is 0 Å². The van der Waals surface area contributed by atoms with Crippen molar-refractivity contribution in [2.75, 3.05) is 0 Å². The van der Waals surface area contributed by atoms with E-state index >= 15 is 0 Å². The molecule has 20 valence electrons. The van der Waals surface area contributed by atoms with Crippen molar-refractivity contribution in [1.82, 2.24) is 0 Å². The highest BCUT2D eigenvalue weighted by Crippen LogP contribution is 1.12. The summed E-state index contributed by atoms with van der Waals surface area (Å²) in [5.74, 6) is 0. The highest BCUT2D eigenvalue weighted by molar-refractivity contribution is 6.09. The molecule has 0 bridgehead atoms. The van der Waals surface area contributed by atoms with Gasteiger partial charge in [-0.3, -0.25) is 0 Å². The molecule has 0 fully saturated rings. The Morgan fingerprint density at radius 1 is 1.75 bits per heavy atom. The van der Waals surface area contributed by atoms with Crippen molar-refractivity contribution in [2.24, 2.45) is 0 Å². The van der Waals surface area contributed by atoms with E-state index in [1.165, 1.54) is 0 Å². The Hall–Kier alpha value is -0.750. The zero-order valence-electron chi connectivity index (χ0n) is 1.89. The monoisotopic (exact) mass is 57.0 g/mol. The summed E-state index contributed by atoms with van der Waals surface area (Å²) in [5, 5.41) is 0. The molecule has 0 atom stereocenters. The first-order valence-corrected chi connectivity index (χ1v) is 0.729. The van der Waals surface area contributed by atoms with Crippen molar-refractivity contribution in [3.05, 3.63) is 0 Å². The highest BCUT2D eigenvalue weighted by atomic mass is 16.2. The van der Waals surface area contributed by atoms with E-state index in [-0.39, 0.29) is 6.29 Å². The minimum absolute atomic E-state index is 0.0694. The number of carbonyl (C=O) groups excluding carboxylic acids is 2. The van der Waals surface area contributed by atoms with E-state index in [2.05, 4.69) is 0 Å². The van der Waals surface area contributed by atoms with E-state index in [4.69, 9.17) is 9.59 Å². The lowest BCUT2D eigenvalue weighted by atomic mass is 10.9. The molecule has 0 unspecified atom stereocenters. The van der Waals surface area contributed by atoms with E-state index in [0.717, 1.165) is 6.29 Å². The average Bonchev–Trinajstić information content (AvgIpc) is 1.37. The Bertz CT molecular complexity index is 25.0. The lowest BCUT2D eigenvalue weighted by Crippen LogP contribution is -1.62. The molecule has 2 nitrogen and oxygen atoms in total. The Balaban J connectivity index is 2.73. The molecular formula is C2HO2+. The van der Waals surface area contributed by atoms with Gasteiger partial charge in [0.05, 0.1) is 0 Å². The molecule has 0 saturated carbocycles. The number of rotatable bonds is 1. The van der Waals surface area contributed by atoms with Gasteiger partial charge in [-0.1, -0.05) is 0 Å². The molecule has 0 radical (unpaired) electrons. The van der Waals surface area contributed by atoms with Crippen molar-refractivity contribution in [2.45, 2.75) is 0 Å². The van der Waals surface area contributed by atoms with Crippen LogP contribution in [-0.4, -0.2) is 12.6 Å². The van der Waals surface area contributed by atoms with E-state index < -0.39 is 0 Å². The third kappa shape index (κ3) is 1.25. The highest BCUT2D eigenvalue weighted by Gasteiger charge is 1.78. The van der Waals surface area contributed by atoms with Gasteiger partial charge in [-0.05, 0) is 0 Å². The molecule has 0 aliphatic rings. The fourth-order valence-corrected chi connectivity index (χ4v) is 0. The maximum absolute atomic E-state index is 8.75. The van der Waals surface area contributed by atoms with Crippen LogP contribution < -0.4 is 0 Å². The molecule has 0 aromatic heterocycles. The Morgan fingerprint density at radius 2 is 2.00 bits per heavy atom. The van der Waals surface area contributed by atoms with Crippen molar-refractivity contribution >= 4 is 12.6 Å². The smallest absolute Gasteiger partial charge is 0.230 e. The molecule has 0 amide bonds. The van der Waals surface area contributed by atoms with Crippen LogP contribution in [0.4, 0.5) is 0 Å². The van der Waals surface area contributed by atoms with Crippen LogP contribution in [0.1, 0.15) is 0 Å². The second-order valence-corrected chi connectivity index (χ2v) is 0.236. The minimum Gasteiger partial charge on any atom is -0.230 e. The number of aldehydes is 1. The van der Waals surface area contributed by atoms with Crippen LogP contribution >= 0.6 is 0 Å². The fourth-order valence-electron chi connectivity index (χ4n) is 0. The van der Waals surface area contributed by atoms with Crippen LogP contribution in [0.5, 0.6) is 0 Å². The zero-order chi connectivity index (χ0) is 3.41. The number of hydrogen-bond acceptors (Lipinski definition) is 2. The van der Waals surface area contributed by atoms with Crippen molar-refractivity contribution in [3.63, 3.8) is 0 Å². The summed E-state index contributed by atoms with van der Waals surface area (Å²) < 4.78 is 0. The molecule has 2 heteroatoms. The first-order chi connectivity index (χ1) is 1.91. The summed E-state index contributed by atoms with van der Waals surface area (Å²) in [6.07, 6.45) is 1.07. The third-order valence-electron chi connectivity index (χ3n) is 0.0481. The second kappa shape index (κ2) is 2.25. The average molecular weight is 57.0 g/mol. The van der Waals surface area contributed by atoms with Crippen LogP contribution in [0.25, 0.3) is 0 Å². The number of hydrogen-bond donors (Lipinski definition) is 0. The molecule has 0 aliphatic carbocycles. The van der Waals surface area contributed by atoms with Gasteiger partial charge in [0.1, 0.15) is 0 Å². The van der Waals surface area contributed by atoms with Crippen LogP contribution in [0.3, 0.4) is 0 Å². The van der Waals surface area contributed by atoms with Gasteiger partial charge in [-0.15, -0.1) is 0 Å². The molecule has 0 aromatic rings. The third-order valence-corrected chi connectivity index (χ3v) is 0.0481. The normalized spacial score (nSPS) is 4.00. The largest absolute Gasteiger partial charge is 0.589 e. The minimum atomic E-state index is 0.0694. The summed E-state index contributed by atoms with van der Waals surface area (Å²) in [4.78, 5) is 17.4. The summed E-state index contributed by atoms with van der Waals surface area (Å²) in [7, 11) is 0. The molecular weight excluding hydrogens is 56.0 g/mol. The maximum Gasteiger partial charge on any atom is 0.589 e. The van der Waals surface area contributed by atoms with E-state index in [9.17, 15) is 0 Å². The van der Waals surface area contributed by atoms with E-state index in [1.54, 1.807) is 0 Å². The van der Waals surface area contributed by atoms with Gasteiger partial charge >= 0.3 is 12.6 Å². The zero-order valence-corrected chi connectivity index (χ0v) is 1.89. The van der Waals surface area contributed by atoms with Gasteiger partial charge in [0, 0.05) is 4.79 Å². The topological polar surface area (TPSA) is 34.1 Å². The van der Waals surface area contributed by atoms with Crippen LogP contribution in [0, 0.1) is 0 Å². The van der Waals surface area contributed by atoms with Crippen molar-refractivity contribution < 1.29 is 9.59 Å². The standard InChI is InChI=1S/C2HO2/c3-1-2-4/h1H/q+1. The van der Waals surface area contributed by atoms with E-state index in [0.29, 0.717) is 0 Å². The SMILES string of the molecule is O=[C+]C=O. The predicted molar refractivity (Wildman–Crippen MR) is 11.8 cm³/mol. The molecule has 4 heavy (non-hydrogen) atoms. The van der Waals surface area contributed by atoms with Gasteiger partial charge in [-0.25, -0.2) is 4.79 Å². The molecule has 0 rings (SSSR count). The second-order valence-electron chi connectivity index (χ2n) is 0.236.